The lowest BCUT2D eigenvalue weighted by Gasteiger charge is -2.08. The zero-order chi connectivity index (χ0) is 12.1. The predicted molar refractivity (Wildman–Crippen MR) is 71.8 cm³/mol. The van der Waals surface area contributed by atoms with Crippen LogP contribution >= 0.6 is 0 Å². The van der Waals surface area contributed by atoms with Gasteiger partial charge in [0.2, 0.25) is 0 Å². The van der Waals surface area contributed by atoms with Crippen molar-refractivity contribution in [2.75, 3.05) is 0 Å². The Hall–Kier alpha value is -1.60. The van der Waals surface area contributed by atoms with Crippen molar-refractivity contribution in [1.82, 2.24) is 0 Å². The van der Waals surface area contributed by atoms with Crippen molar-refractivity contribution in [2.24, 2.45) is 0 Å². The van der Waals surface area contributed by atoms with Gasteiger partial charge in [-0.15, -0.1) is 0 Å². The van der Waals surface area contributed by atoms with Gasteiger partial charge >= 0.3 is 0 Å². The quantitative estimate of drug-likeness (QED) is 0.756. The highest BCUT2D eigenvalue weighted by atomic mass is 16.5. The van der Waals surface area contributed by atoms with Crippen molar-refractivity contribution in [3.05, 3.63) is 60.2 Å². The average Bonchev–Trinajstić information content (AvgIpc) is 2.38. The van der Waals surface area contributed by atoms with Crippen LogP contribution in [0.3, 0.4) is 0 Å². The zero-order valence-corrected chi connectivity index (χ0v) is 10.4. The lowest BCUT2D eigenvalue weighted by atomic mass is 10.0. The Bertz CT molecular complexity index is 443. The molecule has 88 valence electrons. The molecule has 17 heavy (non-hydrogen) atoms. The van der Waals surface area contributed by atoms with Gasteiger partial charge in [0.05, 0.1) is 12.7 Å². The van der Waals surface area contributed by atoms with Crippen LogP contribution < -0.4 is 0 Å². The second kappa shape index (κ2) is 5.65. The maximum Gasteiger partial charge on any atom is 0.0720 e. The van der Waals surface area contributed by atoms with E-state index in [2.05, 4.69) is 62.4 Å². The molecule has 0 bridgehead atoms. The molecule has 0 atom stereocenters. The van der Waals surface area contributed by atoms with Crippen molar-refractivity contribution < 1.29 is 4.74 Å². The van der Waals surface area contributed by atoms with Gasteiger partial charge < -0.3 is 4.74 Å². The van der Waals surface area contributed by atoms with Crippen LogP contribution in [0.2, 0.25) is 0 Å². The highest BCUT2D eigenvalue weighted by Gasteiger charge is 1.98. The first-order chi connectivity index (χ1) is 8.25. The molecule has 0 radical (unpaired) electrons. The van der Waals surface area contributed by atoms with Crippen LogP contribution in [0, 0.1) is 0 Å². The minimum atomic E-state index is 0.281. The van der Waals surface area contributed by atoms with E-state index in [1.165, 1.54) is 16.7 Å². The van der Waals surface area contributed by atoms with E-state index in [4.69, 9.17) is 4.74 Å². The first-order valence-corrected chi connectivity index (χ1v) is 6.01. The topological polar surface area (TPSA) is 9.23 Å². The van der Waals surface area contributed by atoms with Crippen molar-refractivity contribution in [3.8, 4) is 11.1 Å². The lowest BCUT2D eigenvalue weighted by molar-refractivity contribution is 0.0657. The monoisotopic (exact) mass is 226 g/mol. The zero-order valence-electron chi connectivity index (χ0n) is 10.4. The molecular weight excluding hydrogens is 208 g/mol. The highest BCUT2D eigenvalue weighted by molar-refractivity contribution is 5.63. The Morgan fingerprint density at radius 1 is 0.824 bits per heavy atom. The SMILES string of the molecule is CC(C)OCc1ccc(-c2ccccc2)cc1. The van der Waals surface area contributed by atoms with E-state index in [1.54, 1.807) is 0 Å². The van der Waals surface area contributed by atoms with Crippen LogP contribution in [-0.4, -0.2) is 6.10 Å². The molecule has 1 heteroatoms. The second-order valence-corrected chi connectivity index (χ2v) is 4.42. The van der Waals surface area contributed by atoms with Gasteiger partial charge in [-0.3, -0.25) is 0 Å². The molecule has 2 aromatic carbocycles. The van der Waals surface area contributed by atoms with Crippen LogP contribution in [0.15, 0.2) is 54.6 Å². The highest BCUT2D eigenvalue weighted by Crippen LogP contribution is 2.19. The van der Waals surface area contributed by atoms with E-state index in [0.29, 0.717) is 6.61 Å². The summed E-state index contributed by atoms with van der Waals surface area (Å²) in [4.78, 5) is 0. The molecule has 0 N–H and O–H groups in total. The van der Waals surface area contributed by atoms with Gasteiger partial charge in [-0.2, -0.15) is 0 Å². The maximum absolute atomic E-state index is 5.57. The van der Waals surface area contributed by atoms with Crippen LogP contribution in [0.25, 0.3) is 11.1 Å². The molecule has 0 aromatic heterocycles. The molecule has 0 aliphatic rings. The largest absolute Gasteiger partial charge is 0.374 e. The Kier molecular flexibility index (Phi) is 3.94. The van der Waals surface area contributed by atoms with Gasteiger partial charge in [0, 0.05) is 0 Å². The number of benzene rings is 2. The minimum Gasteiger partial charge on any atom is -0.374 e. The van der Waals surface area contributed by atoms with Crippen molar-refractivity contribution in [1.29, 1.82) is 0 Å². The summed E-state index contributed by atoms with van der Waals surface area (Å²) in [5.41, 5.74) is 3.72. The summed E-state index contributed by atoms with van der Waals surface area (Å²) in [5.74, 6) is 0. The van der Waals surface area contributed by atoms with E-state index < -0.39 is 0 Å². The van der Waals surface area contributed by atoms with Crippen LogP contribution in [0.1, 0.15) is 19.4 Å². The van der Waals surface area contributed by atoms with Crippen LogP contribution in [0.4, 0.5) is 0 Å². The fourth-order valence-corrected chi connectivity index (χ4v) is 1.69. The van der Waals surface area contributed by atoms with Gasteiger partial charge in [-0.05, 0) is 30.5 Å². The van der Waals surface area contributed by atoms with Gasteiger partial charge in [-0.25, -0.2) is 0 Å². The molecule has 2 aromatic rings. The maximum atomic E-state index is 5.57. The molecule has 0 saturated carbocycles. The Labute approximate surface area is 103 Å². The van der Waals surface area contributed by atoms with Crippen molar-refractivity contribution in [2.45, 2.75) is 26.6 Å². The van der Waals surface area contributed by atoms with E-state index in [-0.39, 0.29) is 6.10 Å². The molecule has 0 amide bonds. The summed E-state index contributed by atoms with van der Waals surface area (Å²) in [7, 11) is 0. The molecule has 0 aliphatic heterocycles. The molecule has 1 nitrogen and oxygen atoms in total. The van der Waals surface area contributed by atoms with Crippen molar-refractivity contribution in [3.63, 3.8) is 0 Å². The average molecular weight is 226 g/mol. The third kappa shape index (κ3) is 3.43. The van der Waals surface area contributed by atoms with E-state index in [0.717, 1.165) is 0 Å². The number of hydrogen-bond donors (Lipinski definition) is 0. The fourth-order valence-electron chi connectivity index (χ4n) is 1.69. The summed E-state index contributed by atoms with van der Waals surface area (Å²) in [6, 6.07) is 19.0. The first kappa shape index (κ1) is 11.9. The van der Waals surface area contributed by atoms with Gasteiger partial charge in [0.15, 0.2) is 0 Å². The number of rotatable bonds is 4. The summed E-state index contributed by atoms with van der Waals surface area (Å²) in [6.07, 6.45) is 0.281. The molecule has 0 aliphatic carbocycles. The lowest BCUT2D eigenvalue weighted by Crippen LogP contribution is -2.01. The number of hydrogen-bond acceptors (Lipinski definition) is 1. The molecule has 0 saturated heterocycles. The third-order valence-corrected chi connectivity index (χ3v) is 2.64. The molecule has 0 unspecified atom stereocenters. The summed E-state index contributed by atoms with van der Waals surface area (Å²) < 4.78 is 5.57. The van der Waals surface area contributed by atoms with Gasteiger partial charge in [0.1, 0.15) is 0 Å². The van der Waals surface area contributed by atoms with E-state index in [1.807, 2.05) is 6.07 Å². The van der Waals surface area contributed by atoms with Crippen LogP contribution in [-0.2, 0) is 11.3 Å². The first-order valence-electron chi connectivity index (χ1n) is 6.01. The summed E-state index contributed by atoms with van der Waals surface area (Å²) >= 11 is 0. The molecule has 0 fully saturated rings. The second-order valence-electron chi connectivity index (χ2n) is 4.42. The normalized spacial score (nSPS) is 10.8. The fraction of sp³-hybridized carbons (Fsp3) is 0.250. The Balaban J connectivity index is 2.08. The molecule has 0 heterocycles. The standard InChI is InChI=1S/C16H18O/c1-13(2)17-12-14-8-10-16(11-9-14)15-6-4-3-5-7-15/h3-11,13H,12H2,1-2H3. The van der Waals surface area contributed by atoms with Crippen molar-refractivity contribution >= 4 is 0 Å². The third-order valence-electron chi connectivity index (χ3n) is 2.64. The van der Waals surface area contributed by atoms with Gasteiger partial charge in [0.25, 0.3) is 0 Å². The summed E-state index contributed by atoms with van der Waals surface area (Å²) in [5, 5.41) is 0. The minimum absolute atomic E-state index is 0.281. The molecular formula is C16H18O. The number of ether oxygens (including phenoxy) is 1. The smallest absolute Gasteiger partial charge is 0.0720 e. The molecule has 2 rings (SSSR count). The van der Waals surface area contributed by atoms with E-state index >= 15 is 0 Å². The van der Waals surface area contributed by atoms with E-state index in [9.17, 15) is 0 Å². The predicted octanol–water partition coefficient (Wildman–Crippen LogP) is 4.28. The molecule has 0 spiro atoms. The Morgan fingerprint density at radius 3 is 2.00 bits per heavy atom. The van der Waals surface area contributed by atoms with Gasteiger partial charge in [-0.1, -0.05) is 54.6 Å². The van der Waals surface area contributed by atoms with Crippen LogP contribution in [0.5, 0.6) is 0 Å². The Morgan fingerprint density at radius 2 is 1.41 bits per heavy atom. The summed E-state index contributed by atoms with van der Waals surface area (Å²) in [6.45, 7) is 4.80.